The number of hydrogen-bond donors (Lipinski definition) is 1. The lowest BCUT2D eigenvalue weighted by molar-refractivity contribution is -0.126. The highest BCUT2D eigenvalue weighted by molar-refractivity contribution is 6.01. The maximum atomic E-state index is 14.3. The summed E-state index contributed by atoms with van der Waals surface area (Å²) in [7, 11) is 4.61. The number of carbonyl (C=O) groups excluding carboxylic acids is 2. The summed E-state index contributed by atoms with van der Waals surface area (Å²) in [4.78, 5) is 33.5. The first-order valence-electron chi connectivity index (χ1n) is 11.6. The van der Waals surface area contributed by atoms with Crippen molar-refractivity contribution < 1.29 is 19.1 Å². The molecule has 7 heteroatoms. The Bertz CT molecular complexity index is 1370. The quantitative estimate of drug-likeness (QED) is 0.384. The number of rotatable bonds is 8. The molecule has 1 N–H and O–H groups in total. The number of nitrogens with one attached hydrogen (secondary N) is 1. The molecular formula is C29H29N3O4. The van der Waals surface area contributed by atoms with E-state index in [4.69, 9.17) is 9.47 Å². The molecule has 7 nitrogen and oxygen atoms in total. The van der Waals surface area contributed by atoms with E-state index in [0.29, 0.717) is 22.6 Å². The SMILES string of the molecule is CNC(=O)C(c1cccnc1)N(C(=O)c1ccc(OC)cc1OC)C(C)c1cccc2ccccc12. The van der Waals surface area contributed by atoms with Crippen LogP contribution in [0, 0.1) is 0 Å². The van der Waals surface area contributed by atoms with Crippen molar-refractivity contribution in [2.45, 2.75) is 19.0 Å². The first-order chi connectivity index (χ1) is 17.5. The van der Waals surface area contributed by atoms with Crippen molar-refractivity contribution in [1.29, 1.82) is 0 Å². The third-order valence-electron chi connectivity index (χ3n) is 6.34. The molecule has 0 bridgehead atoms. The molecule has 3 aromatic carbocycles. The smallest absolute Gasteiger partial charge is 0.259 e. The molecule has 0 aliphatic heterocycles. The van der Waals surface area contributed by atoms with Crippen LogP contribution >= 0.6 is 0 Å². The second kappa shape index (κ2) is 10.9. The Labute approximate surface area is 210 Å². The maximum Gasteiger partial charge on any atom is 0.259 e. The topological polar surface area (TPSA) is 80.8 Å². The molecule has 1 heterocycles. The summed E-state index contributed by atoms with van der Waals surface area (Å²) >= 11 is 0. The molecule has 2 unspecified atom stereocenters. The number of amides is 2. The number of carbonyl (C=O) groups is 2. The highest BCUT2D eigenvalue weighted by Crippen LogP contribution is 2.37. The van der Waals surface area contributed by atoms with Crippen molar-refractivity contribution in [3.8, 4) is 11.5 Å². The predicted molar refractivity (Wildman–Crippen MR) is 139 cm³/mol. The second-order valence-corrected chi connectivity index (χ2v) is 8.33. The highest BCUT2D eigenvalue weighted by atomic mass is 16.5. The van der Waals surface area contributed by atoms with Gasteiger partial charge in [-0.25, -0.2) is 0 Å². The van der Waals surface area contributed by atoms with Crippen molar-refractivity contribution in [3.05, 3.63) is 102 Å². The molecule has 0 saturated carbocycles. The Morgan fingerprint density at radius 3 is 2.42 bits per heavy atom. The summed E-state index contributed by atoms with van der Waals surface area (Å²) in [5.74, 6) is 0.242. The van der Waals surface area contributed by atoms with Crippen LogP contribution in [0.2, 0.25) is 0 Å². The van der Waals surface area contributed by atoms with Crippen LogP contribution < -0.4 is 14.8 Å². The lowest BCUT2D eigenvalue weighted by Crippen LogP contribution is -2.44. The van der Waals surface area contributed by atoms with Gasteiger partial charge in [0.2, 0.25) is 5.91 Å². The predicted octanol–water partition coefficient (Wildman–Crippen LogP) is 4.94. The standard InChI is InChI=1S/C29H29N3O4/c1-19(23-13-7-10-20-9-5-6-12-24(20)23)32(27(28(33)30-2)21-11-8-16-31-18-21)29(34)25-15-14-22(35-3)17-26(25)36-4/h5-19,27H,1-4H3,(H,30,33). The van der Waals surface area contributed by atoms with E-state index in [9.17, 15) is 9.59 Å². The third kappa shape index (κ3) is 4.73. The first kappa shape index (κ1) is 24.7. The van der Waals surface area contributed by atoms with Crippen LogP contribution in [-0.2, 0) is 4.79 Å². The second-order valence-electron chi connectivity index (χ2n) is 8.33. The lowest BCUT2D eigenvalue weighted by Gasteiger charge is -2.36. The summed E-state index contributed by atoms with van der Waals surface area (Å²) in [6.45, 7) is 1.93. The number of fused-ring (bicyclic) bond motifs is 1. The van der Waals surface area contributed by atoms with Crippen LogP contribution in [0.5, 0.6) is 11.5 Å². The molecule has 0 aliphatic carbocycles. The molecule has 2 amide bonds. The average Bonchev–Trinajstić information content (AvgIpc) is 2.94. The number of hydrogen-bond acceptors (Lipinski definition) is 5. The van der Waals surface area contributed by atoms with E-state index in [1.807, 2.05) is 49.4 Å². The fourth-order valence-electron chi connectivity index (χ4n) is 4.51. The summed E-state index contributed by atoms with van der Waals surface area (Å²) in [6, 6.07) is 21.1. The van der Waals surface area contributed by atoms with Crippen molar-refractivity contribution in [1.82, 2.24) is 15.2 Å². The molecule has 0 fully saturated rings. The van der Waals surface area contributed by atoms with E-state index in [1.54, 1.807) is 61.8 Å². The van der Waals surface area contributed by atoms with Gasteiger partial charge in [0.25, 0.3) is 5.91 Å². The molecule has 4 rings (SSSR count). The highest BCUT2D eigenvalue weighted by Gasteiger charge is 2.37. The van der Waals surface area contributed by atoms with E-state index in [2.05, 4.69) is 10.3 Å². The number of pyridine rings is 1. The first-order valence-corrected chi connectivity index (χ1v) is 11.6. The molecular weight excluding hydrogens is 454 g/mol. The monoisotopic (exact) mass is 483 g/mol. The van der Waals surface area contributed by atoms with Crippen molar-refractivity contribution in [2.75, 3.05) is 21.3 Å². The fraction of sp³-hybridized carbons (Fsp3) is 0.207. The minimum Gasteiger partial charge on any atom is -0.497 e. The van der Waals surface area contributed by atoms with E-state index in [-0.39, 0.29) is 11.8 Å². The van der Waals surface area contributed by atoms with E-state index >= 15 is 0 Å². The van der Waals surface area contributed by atoms with Gasteiger partial charge >= 0.3 is 0 Å². The number of ether oxygens (including phenoxy) is 2. The van der Waals surface area contributed by atoms with Gasteiger partial charge in [-0.15, -0.1) is 0 Å². The van der Waals surface area contributed by atoms with E-state index in [0.717, 1.165) is 16.3 Å². The zero-order chi connectivity index (χ0) is 25.7. The van der Waals surface area contributed by atoms with Gasteiger partial charge in [0.1, 0.15) is 17.5 Å². The molecule has 2 atom stereocenters. The van der Waals surface area contributed by atoms with Crippen LogP contribution in [0.25, 0.3) is 10.8 Å². The lowest BCUT2D eigenvalue weighted by atomic mass is 9.95. The van der Waals surface area contributed by atoms with Crippen LogP contribution in [0.1, 0.15) is 40.5 Å². The third-order valence-corrected chi connectivity index (χ3v) is 6.34. The minimum atomic E-state index is -0.933. The van der Waals surface area contributed by atoms with Crippen LogP contribution in [0.15, 0.2) is 85.2 Å². The number of methoxy groups -OCH3 is 2. The van der Waals surface area contributed by atoms with Gasteiger partial charge in [-0.1, -0.05) is 48.5 Å². The number of likely N-dealkylation sites (N-methyl/N-ethyl adjacent to an activating group) is 1. The summed E-state index contributed by atoms with van der Waals surface area (Å²) in [5, 5.41) is 4.79. The Kier molecular flexibility index (Phi) is 7.49. The van der Waals surface area contributed by atoms with Crippen molar-refractivity contribution >= 4 is 22.6 Å². The number of nitrogens with zero attached hydrogens (tertiary/aromatic N) is 2. The average molecular weight is 484 g/mol. The maximum absolute atomic E-state index is 14.3. The van der Waals surface area contributed by atoms with Gasteiger partial charge in [-0.3, -0.25) is 14.6 Å². The van der Waals surface area contributed by atoms with Crippen molar-refractivity contribution in [3.63, 3.8) is 0 Å². The number of benzene rings is 3. The minimum absolute atomic E-state index is 0.322. The van der Waals surface area contributed by atoms with Crippen LogP contribution in [0.3, 0.4) is 0 Å². The Hall–Kier alpha value is -4.39. The fourth-order valence-corrected chi connectivity index (χ4v) is 4.51. The molecule has 0 spiro atoms. The van der Waals surface area contributed by atoms with Gasteiger partial charge in [-0.2, -0.15) is 0 Å². The van der Waals surface area contributed by atoms with Gasteiger partial charge in [0, 0.05) is 31.1 Å². The van der Waals surface area contributed by atoms with E-state index < -0.39 is 12.1 Å². The summed E-state index contributed by atoms with van der Waals surface area (Å²) < 4.78 is 10.9. The molecule has 0 aliphatic rings. The van der Waals surface area contributed by atoms with E-state index in [1.165, 1.54) is 7.11 Å². The Balaban J connectivity index is 1.93. The summed E-state index contributed by atoms with van der Waals surface area (Å²) in [6.07, 6.45) is 3.25. The molecule has 4 aromatic rings. The molecule has 36 heavy (non-hydrogen) atoms. The largest absolute Gasteiger partial charge is 0.497 e. The van der Waals surface area contributed by atoms with Gasteiger partial charge in [0.05, 0.1) is 25.8 Å². The molecule has 184 valence electrons. The van der Waals surface area contributed by atoms with Gasteiger partial charge in [-0.05, 0) is 41.5 Å². The van der Waals surface area contributed by atoms with Gasteiger partial charge < -0.3 is 19.7 Å². The Morgan fingerprint density at radius 1 is 0.944 bits per heavy atom. The van der Waals surface area contributed by atoms with Crippen LogP contribution in [0.4, 0.5) is 0 Å². The number of aromatic nitrogens is 1. The normalized spacial score (nSPS) is 12.4. The Morgan fingerprint density at radius 2 is 1.72 bits per heavy atom. The molecule has 0 saturated heterocycles. The summed E-state index contributed by atoms with van der Waals surface area (Å²) in [5.41, 5.74) is 1.85. The van der Waals surface area contributed by atoms with Gasteiger partial charge in [0.15, 0.2) is 0 Å². The molecule has 1 aromatic heterocycles. The van der Waals surface area contributed by atoms with Crippen molar-refractivity contribution in [2.24, 2.45) is 0 Å². The molecule has 0 radical (unpaired) electrons. The zero-order valence-corrected chi connectivity index (χ0v) is 20.8. The van der Waals surface area contributed by atoms with Crippen LogP contribution in [-0.4, -0.2) is 43.0 Å². The zero-order valence-electron chi connectivity index (χ0n) is 20.8.